The molecule has 0 aliphatic rings. The van der Waals surface area contributed by atoms with Gasteiger partial charge >= 0.3 is 0 Å². The number of halogens is 2. The van der Waals surface area contributed by atoms with Crippen molar-refractivity contribution in [2.24, 2.45) is 0 Å². The van der Waals surface area contributed by atoms with Gasteiger partial charge in [-0.1, -0.05) is 12.0 Å². The third-order valence-corrected chi connectivity index (χ3v) is 3.89. The molecule has 0 aliphatic heterocycles. The molecule has 0 N–H and O–H groups in total. The van der Waals surface area contributed by atoms with E-state index in [4.69, 9.17) is 9.47 Å². The summed E-state index contributed by atoms with van der Waals surface area (Å²) in [5.41, 5.74) is 1.60. The van der Waals surface area contributed by atoms with Crippen LogP contribution in [0.15, 0.2) is 42.5 Å². The number of likely N-dealkylation sites (N-methyl/N-ethyl adjacent to an activating group) is 1. The molecule has 150 valence electrons. The van der Waals surface area contributed by atoms with Crippen LogP contribution in [0.25, 0.3) is 11.0 Å². The fraction of sp³-hybridized carbons (Fsp3) is 0.273. The quantitative estimate of drug-likeness (QED) is 0.452. The second kappa shape index (κ2) is 9.92. The largest absolute Gasteiger partial charge is 0.473 e. The molecular formula is C22H21F2N3O2. The van der Waals surface area contributed by atoms with Gasteiger partial charge in [0.05, 0.1) is 24.2 Å². The second-order valence-electron chi connectivity index (χ2n) is 6.53. The molecule has 2 aromatic carbocycles. The maximum absolute atomic E-state index is 13.5. The van der Waals surface area contributed by atoms with Crippen molar-refractivity contribution >= 4 is 11.0 Å². The van der Waals surface area contributed by atoms with Crippen LogP contribution in [0.1, 0.15) is 11.3 Å². The first-order valence-corrected chi connectivity index (χ1v) is 9.11. The lowest BCUT2D eigenvalue weighted by Gasteiger charge is -2.11. The van der Waals surface area contributed by atoms with Crippen molar-refractivity contribution in [1.82, 2.24) is 14.9 Å². The van der Waals surface area contributed by atoms with E-state index >= 15 is 0 Å². The topological polar surface area (TPSA) is 47.5 Å². The van der Waals surface area contributed by atoms with Crippen LogP contribution in [-0.2, 0) is 4.74 Å². The maximum atomic E-state index is 13.5. The summed E-state index contributed by atoms with van der Waals surface area (Å²) >= 11 is 0. The van der Waals surface area contributed by atoms with Crippen LogP contribution in [0.4, 0.5) is 8.78 Å². The predicted molar refractivity (Wildman–Crippen MR) is 107 cm³/mol. The molecule has 7 heteroatoms. The second-order valence-corrected chi connectivity index (χ2v) is 6.53. The zero-order valence-electron chi connectivity index (χ0n) is 16.3. The summed E-state index contributed by atoms with van der Waals surface area (Å²) in [7, 11) is 3.94. The molecule has 0 saturated heterocycles. The molecule has 0 unspecified atom stereocenters. The summed E-state index contributed by atoms with van der Waals surface area (Å²) < 4.78 is 38.1. The van der Waals surface area contributed by atoms with Crippen LogP contribution >= 0.6 is 0 Å². The smallest absolute Gasteiger partial charge is 0.249 e. The Labute approximate surface area is 168 Å². The lowest BCUT2D eigenvalue weighted by atomic mass is 10.2. The van der Waals surface area contributed by atoms with Crippen LogP contribution in [0.5, 0.6) is 5.88 Å². The molecule has 0 aliphatic carbocycles. The van der Waals surface area contributed by atoms with E-state index in [1.54, 1.807) is 12.1 Å². The Morgan fingerprint density at radius 3 is 2.52 bits per heavy atom. The van der Waals surface area contributed by atoms with E-state index in [0.717, 1.165) is 6.54 Å². The Bertz CT molecular complexity index is 1050. The van der Waals surface area contributed by atoms with Crippen LogP contribution in [-0.4, -0.2) is 55.3 Å². The molecule has 0 saturated carbocycles. The Kier molecular flexibility index (Phi) is 7.06. The van der Waals surface area contributed by atoms with Gasteiger partial charge in [0.25, 0.3) is 0 Å². The van der Waals surface area contributed by atoms with Crippen molar-refractivity contribution in [2.75, 3.05) is 40.5 Å². The number of rotatable bonds is 7. The molecule has 1 aromatic heterocycles. The highest BCUT2D eigenvalue weighted by Gasteiger charge is 2.10. The van der Waals surface area contributed by atoms with Crippen LogP contribution in [0, 0.1) is 23.5 Å². The fourth-order valence-corrected chi connectivity index (χ4v) is 2.44. The summed E-state index contributed by atoms with van der Waals surface area (Å²) in [5.74, 6) is 5.12. The van der Waals surface area contributed by atoms with Crippen LogP contribution in [0.3, 0.4) is 0 Å². The lowest BCUT2D eigenvalue weighted by Crippen LogP contribution is -2.19. The van der Waals surface area contributed by atoms with Gasteiger partial charge in [0.2, 0.25) is 5.88 Å². The molecule has 5 nitrogen and oxygen atoms in total. The van der Waals surface area contributed by atoms with Crippen molar-refractivity contribution in [3.63, 3.8) is 0 Å². The number of benzene rings is 2. The number of aromatic nitrogens is 2. The Hall–Kier alpha value is -3.08. The summed E-state index contributed by atoms with van der Waals surface area (Å²) in [4.78, 5) is 10.8. The van der Waals surface area contributed by atoms with Gasteiger partial charge in [-0.2, -0.15) is 0 Å². The molecule has 0 fully saturated rings. The molecule has 0 atom stereocenters. The minimum Gasteiger partial charge on any atom is -0.473 e. The Morgan fingerprint density at radius 1 is 0.897 bits per heavy atom. The summed E-state index contributed by atoms with van der Waals surface area (Å²) in [6, 6.07) is 10.0. The van der Waals surface area contributed by atoms with E-state index in [1.165, 1.54) is 30.3 Å². The Morgan fingerprint density at radius 2 is 1.72 bits per heavy atom. The molecule has 1 heterocycles. The fourth-order valence-electron chi connectivity index (χ4n) is 2.44. The first-order chi connectivity index (χ1) is 14.0. The molecule has 3 rings (SSSR count). The maximum Gasteiger partial charge on any atom is 0.249 e. The number of nitrogens with zero attached hydrogens (tertiary/aromatic N) is 3. The number of hydrogen-bond donors (Lipinski definition) is 0. The Balaban J connectivity index is 1.80. The van der Waals surface area contributed by atoms with Gasteiger partial charge in [0, 0.05) is 18.2 Å². The third kappa shape index (κ3) is 6.21. The SMILES string of the molecule is CN(C)CCOCCOc1nc2ccc(F)cc2nc1C#Cc1cccc(F)c1. The van der Waals surface area contributed by atoms with Gasteiger partial charge in [-0.15, -0.1) is 0 Å². The lowest BCUT2D eigenvalue weighted by molar-refractivity contribution is 0.0875. The third-order valence-electron chi connectivity index (χ3n) is 3.89. The highest BCUT2D eigenvalue weighted by Crippen LogP contribution is 2.19. The molecule has 29 heavy (non-hydrogen) atoms. The van der Waals surface area contributed by atoms with Crippen molar-refractivity contribution < 1.29 is 18.3 Å². The molecule has 0 radical (unpaired) electrons. The van der Waals surface area contributed by atoms with Crippen molar-refractivity contribution in [2.45, 2.75) is 0 Å². The number of fused-ring (bicyclic) bond motifs is 1. The average molecular weight is 397 g/mol. The monoisotopic (exact) mass is 397 g/mol. The number of ether oxygens (including phenoxy) is 2. The molecule has 3 aromatic rings. The highest BCUT2D eigenvalue weighted by atomic mass is 19.1. The van der Waals surface area contributed by atoms with Gasteiger partial charge in [-0.3, -0.25) is 0 Å². The minimum atomic E-state index is -0.418. The van der Waals surface area contributed by atoms with Crippen LogP contribution < -0.4 is 4.74 Å². The van der Waals surface area contributed by atoms with Gasteiger partial charge < -0.3 is 14.4 Å². The van der Waals surface area contributed by atoms with Gasteiger partial charge in [-0.05, 0) is 50.3 Å². The molecular weight excluding hydrogens is 376 g/mol. The standard InChI is InChI=1S/C22H21F2N3O2/c1-27(2)10-11-28-12-13-29-22-20(8-6-16-4-3-5-17(23)14-16)25-21-15-18(24)7-9-19(21)26-22/h3-5,7,9,14-15H,10-13H2,1-2H3. The summed E-state index contributed by atoms with van der Waals surface area (Å²) in [6.07, 6.45) is 0. The zero-order chi connectivity index (χ0) is 20.6. The van der Waals surface area contributed by atoms with Gasteiger partial charge in [0.15, 0.2) is 5.69 Å². The molecule has 0 amide bonds. The van der Waals surface area contributed by atoms with E-state index in [-0.39, 0.29) is 24.0 Å². The highest BCUT2D eigenvalue weighted by molar-refractivity contribution is 5.75. The van der Waals surface area contributed by atoms with Crippen molar-refractivity contribution in [3.05, 3.63) is 65.4 Å². The van der Waals surface area contributed by atoms with E-state index in [0.29, 0.717) is 29.8 Å². The van der Waals surface area contributed by atoms with E-state index in [2.05, 4.69) is 21.8 Å². The summed E-state index contributed by atoms with van der Waals surface area (Å²) in [6.45, 7) is 2.05. The first-order valence-electron chi connectivity index (χ1n) is 9.11. The molecule has 0 spiro atoms. The van der Waals surface area contributed by atoms with Gasteiger partial charge in [0.1, 0.15) is 18.2 Å². The van der Waals surface area contributed by atoms with Crippen molar-refractivity contribution in [3.8, 4) is 17.7 Å². The summed E-state index contributed by atoms with van der Waals surface area (Å²) in [5, 5.41) is 0. The zero-order valence-corrected chi connectivity index (χ0v) is 16.3. The molecule has 0 bridgehead atoms. The average Bonchev–Trinajstić information content (AvgIpc) is 2.68. The van der Waals surface area contributed by atoms with E-state index < -0.39 is 5.82 Å². The van der Waals surface area contributed by atoms with Crippen molar-refractivity contribution in [1.29, 1.82) is 0 Å². The first kappa shape index (κ1) is 20.6. The normalized spacial score (nSPS) is 10.8. The van der Waals surface area contributed by atoms with Gasteiger partial charge in [-0.25, -0.2) is 18.7 Å². The van der Waals surface area contributed by atoms with E-state index in [9.17, 15) is 8.78 Å². The number of hydrogen-bond acceptors (Lipinski definition) is 5. The predicted octanol–water partition coefficient (Wildman–Crippen LogP) is 3.26. The van der Waals surface area contributed by atoms with E-state index in [1.807, 2.05) is 19.0 Å². The minimum absolute atomic E-state index is 0.226. The van der Waals surface area contributed by atoms with Crippen LogP contribution in [0.2, 0.25) is 0 Å².